The maximum absolute atomic E-state index is 15.1. The fourth-order valence-corrected chi connectivity index (χ4v) is 6.02. The van der Waals surface area contributed by atoms with Crippen molar-refractivity contribution < 1.29 is 23.9 Å². The number of Topliss-reactive ketones (excluding diaryl/α,β-unsaturated/α-hetero) is 1. The molecule has 1 aliphatic carbocycles. The molecule has 8 nitrogen and oxygen atoms in total. The molecule has 1 spiro atoms. The van der Waals surface area contributed by atoms with Crippen LogP contribution in [0.25, 0.3) is 11.4 Å². The molecule has 3 aliphatic rings. The monoisotopic (exact) mass is 543 g/mol. The summed E-state index contributed by atoms with van der Waals surface area (Å²) in [5.41, 5.74) is 0.883. The Bertz CT molecular complexity index is 1780. The van der Waals surface area contributed by atoms with Gasteiger partial charge in [-0.25, -0.2) is 4.79 Å². The van der Waals surface area contributed by atoms with E-state index in [0.29, 0.717) is 39.5 Å². The Morgan fingerprint density at radius 3 is 2.27 bits per heavy atom. The molecule has 3 aromatic rings. The number of carbonyl (C=O) groups excluding carboxylic acids is 3. The first-order valence-corrected chi connectivity index (χ1v) is 13.1. The SMILES string of the molecule is CCOC(=O)C1=C(c2ccccc2)N(c2ccc(OC)cc2)C(=O)C12C(C#N)=C(C)NC1=C2C(=O)c2ccccc21. The second-order valence-electron chi connectivity index (χ2n) is 9.76. The number of ketones is 1. The number of anilines is 1. The summed E-state index contributed by atoms with van der Waals surface area (Å²) in [4.78, 5) is 44.9. The summed E-state index contributed by atoms with van der Waals surface area (Å²) in [6.45, 7) is 3.37. The van der Waals surface area contributed by atoms with E-state index in [-0.39, 0.29) is 29.0 Å². The number of hydrogen-bond acceptors (Lipinski definition) is 7. The number of ether oxygens (including phenoxy) is 2. The van der Waals surface area contributed by atoms with Crippen LogP contribution in [-0.2, 0) is 14.3 Å². The third kappa shape index (κ3) is 3.49. The average Bonchev–Trinajstić information content (AvgIpc) is 3.43. The van der Waals surface area contributed by atoms with Crippen LogP contribution in [0.3, 0.4) is 0 Å². The highest BCUT2D eigenvalue weighted by Crippen LogP contribution is 2.60. The Morgan fingerprint density at radius 2 is 1.63 bits per heavy atom. The van der Waals surface area contributed by atoms with Gasteiger partial charge in [0.25, 0.3) is 5.91 Å². The molecule has 3 aromatic carbocycles. The standard InChI is InChI=1S/C33H25N3O5/c1-4-41-31(38)27-29(20-10-6-5-7-11-20)36(21-14-16-22(40-3)17-15-21)32(39)33(27)25(18-34)19(2)35-28-23-12-8-9-13-24(23)30(37)26(28)33/h5-17,35H,4H2,1-3H3. The van der Waals surface area contributed by atoms with E-state index in [2.05, 4.69) is 11.4 Å². The topological polar surface area (TPSA) is 109 Å². The van der Waals surface area contributed by atoms with Crippen molar-refractivity contribution in [1.29, 1.82) is 5.26 Å². The second kappa shape index (κ2) is 9.65. The van der Waals surface area contributed by atoms with Crippen LogP contribution >= 0.6 is 0 Å². The van der Waals surface area contributed by atoms with Gasteiger partial charge >= 0.3 is 5.97 Å². The number of esters is 1. The van der Waals surface area contributed by atoms with Crippen LogP contribution in [0.15, 0.2) is 101 Å². The molecule has 2 heterocycles. The molecular weight excluding hydrogens is 518 g/mol. The average molecular weight is 544 g/mol. The van der Waals surface area contributed by atoms with Gasteiger partial charge in [0.05, 0.1) is 42.3 Å². The highest BCUT2D eigenvalue weighted by atomic mass is 16.5. The van der Waals surface area contributed by atoms with E-state index in [4.69, 9.17) is 9.47 Å². The van der Waals surface area contributed by atoms with Crippen LogP contribution in [0.1, 0.15) is 35.3 Å². The predicted octanol–water partition coefficient (Wildman–Crippen LogP) is 5.01. The van der Waals surface area contributed by atoms with Gasteiger partial charge in [0.15, 0.2) is 11.2 Å². The van der Waals surface area contributed by atoms with Gasteiger partial charge in [-0.15, -0.1) is 0 Å². The van der Waals surface area contributed by atoms with E-state index in [9.17, 15) is 14.9 Å². The van der Waals surface area contributed by atoms with Crippen molar-refractivity contribution in [3.05, 3.63) is 118 Å². The van der Waals surface area contributed by atoms with Gasteiger partial charge in [-0.2, -0.15) is 5.26 Å². The number of methoxy groups -OCH3 is 1. The summed E-state index contributed by atoms with van der Waals surface area (Å²) in [6.07, 6.45) is 0. The number of hydrogen-bond donors (Lipinski definition) is 1. The first-order chi connectivity index (χ1) is 19.9. The Kier molecular flexibility index (Phi) is 6.08. The van der Waals surface area contributed by atoms with Crippen molar-refractivity contribution in [1.82, 2.24) is 5.32 Å². The molecule has 2 aliphatic heterocycles. The fourth-order valence-electron chi connectivity index (χ4n) is 6.02. The number of dihydropyridines is 1. The number of rotatable bonds is 5. The molecule has 8 heteroatoms. The Hall–Kier alpha value is -5.42. The van der Waals surface area contributed by atoms with Crippen LogP contribution in [0.2, 0.25) is 0 Å². The maximum atomic E-state index is 15.1. The van der Waals surface area contributed by atoms with Crippen molar-refractivity contribution in [3.63, 3.8) is 0 Å². The minimum absolute atomic E-state index is 0.0279. The van der Waals surface area contributed by atoms with Crippen LogP contribution in [0.4, 0.5) is 5.69 Å². The molecule has 0 saturated carbocycles. The summed E-state index contributed by atoms with van der Waals surface area (Å²) >= 11 is 0. The van der Waals surface area contributed by atoms with Gasteiger partial charge in [-0.3, -0.25) is 14.5 Å². The van der Waals surface area contributed by atoms with Crippen LogP contribution in [-0.4, -0.2) is 31.4 Å². The normalized spacial score (nSPS) is 19.3. The lowest BCUT2D eigenvalue weighted by atomic mass is 9.65. The first-order valence-electron chi connectivity index (χ1n) is 13.1. The fraction of sp³-hybridized carbons (Fsp3) is 0.152. The Labute approximate surface area is 236 Å². The molecule has 6 rings (SSSR count). The quantitative estimate of drug-likeness (QED) is 0.451. The van der Waals surface area contributed by atoms with Gasteiger partial charge in [-0.05, 0) is 43.7 Å². The highest BCUT2D eigenvalue weighted by Gasteiger charge is 2.66. The zero-order valence-electron chi connectivity index (χ0n) is 22.6. The summed E-state index contributed by atoms with van der Waals surface area (Å²) in [7, 11) is 1.54. The van der Waals surface area contributed by atoms with E-state index in [0.717, 1.165) is 0 Å². The molecule has 0 aromatic heterocycles. The van der Waals surface area contributed by atoms with Gasteiger partial charge in [0, 0.05) is 28.1 Å². The number of nitriles is 1. The Balaban J connectivity index is 1.77. The van der Waals surface area contributed by atoms with E-state index in [1.165, 1.54) is 4.90 Å². The predicted molar refractivity (Wildman–Crippen MR) is 152 cm³/mol. The van der Waals surface area contributed by atoms with E-state index in [1.54, 1.807) is 93.8 Å². The number of allylic oxidation sites excluding steroid dienone is 1. The molecule has 1 N–H and O–H groups in total. The van der Waals surface area contributed by atoms with Crippen LogP contribution in [0, 0.1) is 16.7 Å². The number of nitrogens with one attached hydrogen (secondary N) is 1. The minimum atomic E-state index is -2.05. The van der Waals surface area contributed by atoms with Gasteiger partial charge in [0.1, 0.15) is 5.75 Å². The van der Waals surface area contributed by atoms with E-state index in [1.807, 2.05) is 6.07 Å². The van der Waals surface area contributed by atoms with Crippen molar-refractivity contribution in [2.24, 2.45) is 5.41 Å². The second-order valence-corrected chi connectivity index (χ2v) is 9.76. The first kappa shape index (κ1) is 25.8. The number of carbonyl (C=O) groups is 3. The summed E-state index contributed by atoms with van der Waals surface area (Å²) < 4.78 is 10.9. The molecule has 0 radical (unpaired) electrons. The number of amides is 1. The van der Waals surface area contributed by atoms with Gasteiger partial charge in [0.2, 0.25) is 0 Å². The molecule has 41 heavy (non-hydrogen) atoms. The molecule has 0 fully saturated rings. The molecule has 0 bridgehead atoms. The zero-order valence-corrected chi connectivity index (χ0v) is 22.6. The molecular formula is C33H25N3O5. The molecule has 0 saturated heterocycles. The third-order valence-corrected chi connectivity index (χ3v) is 7.68. The molecule has 202 valence electrons. The minimum Gasteiger partial charge on any atom is -0.497 e. The van der Waals surface area contributed by atoms with Crippen molar-refractivity contribution >= 4 is 34.7 Å². The van der Waals surface area contributed by atoms with E-state index >= 15 is 4.79 Å². The van der Waals surface area contributed by atoms with Gasteiger partial charge < -0.3 is 14.8 Å². The smallest absolute Gasteiger partial charge is 0.338 e. The third-order valence-electron chi connectivity index (χ3n) is 7.68. The number of nitrogens with zero attached hydrogens (tertiary/aromatic N) is 2. The molecule has 1 unspecified atom stereocenters. The molecule has 1 amide bonds. The lowest BCUT2D eigenvalue weighted by molar-refractivity contribution is -0.140. The largest absolute Gasteiger partial charge is 0.497 e. The lowest BCUT2D eigenvalue weighted by Gasteiger charge is -2.36. The number of fused-ring (bicyclic) bond motifs is 3. The number of benzene rings is 3. The molecule has 1 atom stereocenters. The van der Waals surface area contributed by atoms with Crippen LogP contribution in [0.5, 0.6) is 5.75 Å². The van der Waals surface area contributed by atoms with Crippen molar-refractivity contribution in [3.8, 4) is 11.8 Å². The zero-order chi connectivity index (χ0) is 28.9. The van der Waals surface area contributed by atoms with Crippen molar-refractivity contribution in [2.75, 3.05) is 18.6 Å². The summed E-state index contributed by atoms with van der Waals surface area (Å²) in [5, 5.41) is 13.8. The maximum Gasteiger partial charge on any atom is 0.338 e. The van der Waals surface area contributed by atoms with Gasteiger partial charge in [-0.1, -0.05) is 54.6 Å². The highest BCUT2D eigenvalue weighted by molar-refractivity contribution is 6.34. The summed E-state index contributed by atoms with van der Waals surface area (Å²) in [5.74, 6) is -1.25. The lowest BCUT2D eigenvalue weighted by Crippen LogP contribution is -2.46. The van der Waals surface area contributed by atoms with E-state index < -0.39 is 23.1 Å². The van der Waals surface area contributed by atoms with Crippen molar-refractivity contribution in [2.45, 2.75) is 13.8 Å². The van der Waals surface area contributed by atoms with Crippen LogP contribution < -0.4 is 15.0 Å². The summed E-state index contributed by atoms with van der Waals surface area (Å²) in [6, 6.07) is 25.0. The Morgan fingerprint density at radius 1 is 0.976 bits per heavy atom.